The van der Waals surface area contributed by atoms with Crippen LogP contribution in [0.5, 0.6) is 0 Å². The van der Waals surface area contributed by atoms with Crippen LogP contribution in [0.4, 0.5) is 17.6 Å². The first kappa shape index (κ1) is 25.4. The lowest BCUT2D eigenvalue weighted by molar-refractivity contribution is -0.275. The van der Waals surface area contributed by atoms with Gasteiger partial charge in [-0.1, -0.05) is 40.5 Å². The number of nitrogens with zero attached hydrogens (tertiary/aromatic N) is 2. The van der Waals surface area contributed by atoms with Gasteiger partial charge in [0.05, 0.1) is 35.5 Å². The SMILES string of the molecule is CS(=O)CC(=O)N1CC2(C1)OCc1ccc(C3=NOC(c4cc(Cl)c(F)c(Cl)c4)(C(F)(F)F)C3)cc12. The highest BCUT2D eigenvalue weighted by molar-refractivity contribution is 7.85. The molecule has 2 aromatic carbocycles. The summed E-state index contributed by atoms with van der Waals surface area (Å²) in [5, 5.41) is 2.63. The van der Waals surface area contributed by atoms with Gasteiger partial charge in [0.2, 0.25) is 5.91 Å². The molecule has 2 aromatic rings. The first-order valence-corrected chi connectivity index (χ1v) is 13.2. The van der Waals surface area contributed by atoms with Crippen LogP contribution < -0.4 is 0 Å². The Labute approximate surface area is 215 Å². The molecule has 3 aliphatic rings. The van der Waals surface area contributed by atoms with Crippen molar-refractivity contribution < 1.29 is 36.1 Å². The number of halogens is 6. The molecule has 0 bridgehead atoms. The van der Waals surface area contributed by atoms with Crippen LogP contribution in [-0.2, 0) is 43.0 Å². The number of hydrogen-bond donors (Lipinski definition) is 0. The number of oxime groups is 1. The van der Waals surface area contributed by atoms with Crippen LogP contribution in [0.2, 0.25) is 10.0 Å². The van der Waals surface area contributed by atoms with Gasteiger partial charge in [-0.05, 0) is 34.9 Å². The number of ether oxygens (including phenoxy) is 1. The molecule has 3 aliphatic heterocycles. The molecule has 2 atom stereocenters. The smallest absolute Gasteiger partial charge is 0.374 e. The summed E-state index contributed by atoms with van der Waals surface area (Å²) in [4.78, 5) is 18.8. The number of carbonyl (C=O) groups is 1. The Bertz CT molecular complexity index is 1310. The lowest BCUT2D eigenvalue weighted by Gasteiger charge is -2.47. The number of amides is 1. The molecule has 13 heteroatoms. The molecule has 192 valence electrons. The number of rotatable bonds is 4. The van der Waals surface area contributed by atoms with E-state index >= 15 is 0 Å². The maximum atomic E-state index is 14.3. The van der Waals surface area contributed by atoms with Gasteiger partial charge in [-0.3, -0.25) is 9.00 Å². The zero-order valence-electron chi connectivity index (χ0n) is 18.6. The van der Waals surface area contributed by atoms with Crippen LogP contribution in [0.3, 0.4) is 0 Å². The molecule has 1 saturated heterocycles. The van der Waals surface area contributed by atoms with E-state index < -0.39 is 56.0 Å². The quantitative estimate of drug-likeness (QED) is 0.400. The van der Waals surface area contributed by atoms with Crippen molar-refractivity contribution in [2.75, 3.05) is 25.1 Å². The zero-order valence-corrected chi connectivity index (χ0v) is 21.0. The van der Waals surface area contributed by atoms with Crippen LogP contribution in [0.1, 0.15) is 28.7 Å². The minimum Gasteiger partial charge on any atom is -0.374 e. The molecular formula is C23H18Cl2F4N2O4S. The summed E-state index contributed by atoms with van der Waals surface area (Å²) in [6.07, 6.45) is -4.16. The van der Waals surface area contributed by atoms with Crippen molar-refractivity contribution in [3.05, 3.63) is 68.4 Å². The van der Waals surface area contributed by atoms with Crippen molar-refractivity contribution in [3.8, 4) is 0 Å². The summed E-state index contributed by atoms with van der Waals surface area (Å²) in [5.41, 5.74) is -2.12. The molecule has 0 N–H and O–H groups in total. The Hall–Kier alpha value is -2.21. The predicted molar refractivity (Wildman–Crippen MR) is 125 cm³/mol. The largest absolute Gasteiger partial charge is 0.435 e. The van der Waals surface area contributed by atoms with E-state index in [4.69, 9.17) is 32.8 Å². The first-order valence-electron chi connectivity index (χ1n) is 10.7. The molecule has 3 heterocycles. The van der Waals surface area contributed by atoms with Gasteiger partial charge in [-0.15, -0.1) is 0 Å². The monoisotopic (exact) mass is 564 g/mol. The van der Waals surface area contributed by atoms with Gasteiger partial charge in [0, 0.05) is 29.0 Å². The van der Waals surface area contributed by atoms with E-state index in [0.29, 0.717) is 12.2 Å². The maximum absolute atomic E-state index is 14.3. The normalized spacial score (nSPS) is 23.2. The summed E-state index contributed by atoms with van der Waals surface area (Å²) in [5.74, 6) is -1.37. The molecular weight excluding hydrogens is 547 g/mol. The van der Waals surface area contributed by atoms with Gasteiger partial charge in [0.15, 0.2) is 5.82 Å². The van der Waals surface area contributed by atoms with Gasteiger partial charge in [-0.25, -0.2) is 4.39 Å². The molecule has 1 amide bonds. The number of likely N-dealkylation sites (tertiary alicyclic amines) is 1. The number of benzene rings is 2. The highest BCUT2D eigenvalue weighted by atomic mass is 35.5. The van der Waals surface area contributed by atoms with Crippen molar-refractivity contribution >= 4 is 45.6 Å². The second-order valence-electron chi connectivity index (χ2n) is 9.01. The van der Waals surface area contributed by atoms with E-state index in [1.807, 2.05) is 0 Å². The number of alkyl halides is 3. The first-order chi connectivity index (χ1) is 16.8. The lowest BCUT2D eigenvalue weighted by Crippen LogP contribution is -2.61. The van der Waals surface area contributed by atoms with E-state index in [2.05, 4.69) is 5.16 Å². The Balaban J connectivity index is 1.43. The fourth-order valence-electron chi connectivity index (χ4n) is 4.72. The second-order valence-corrected chi connectivity index (χ2v) is 11.3. The molecule has 0 saturated carbocycles. The molecule has 6 nitrogen and oxygen atoms in total. The van der Waals surface area contributed by atoms with E-state index in [-0.39, 0.29) is 30.5 Å². The fraction of sp³-hybridized carbons (Fsp3) is 0.391. The minimum atomic E-state index is -4.92. The Morgan fingerprint density at radius 1 is 1.19 bits per heavy atom. The Morgan fingerprint density at radius 3 is 2.47 bits per heavy atom. The highest BCUT2D eigenvalue weighted by Gasteiger charge is 2.62. The molecule has 0 aliphatic carbocycles. The summed E-state index contributed by atoms with van der Waals surface area (Å²) in [7, 11) is -1.27. The number of hydrogen-bond acceptors (Lipinski definition) is 5. The molecule has 1 spiro atoms. The summed E-state index contributed by atoms with van der Waals surface area (Å²) in [6, 6.07) is 6.74. The number of fused-ring (bicyclic) bond motifs is 2. The zero-order chi connectivity index (χ0) is 26.0. The van der Waals surface area contributed by atoms with Gasteiger partial charge < -0.3 is 14.5 Å². The average molecular weight is 565 g/mol. The van der Waals surface area contributed by atoms with Crippen molar-refractivity contribution in [2.45, 2.75) is 30.4 Å². The summed E-state index contributed by atoms with van der Waals surface area (Å²) < 4.78 is 74.2. The standard InChI is InChI=1S/C23H18Cl2F4N2O4S/c1-36(33)9-19(32)31-10-21(11-31)15-4-12(2-3-13(15)8-34-21)18-7-22(35-30-18,23(27,28)29)14-5-16(24)20(26)17(25)6-14/h2-6H,7-11H2,1H3. The molecule has 1 fully saturated rings. The van der Waals surface area contributed by atoms with E-state index in [0.717, 1.165) is 23.3 Å². The minimum absolute atomic E-state index is 0.0300. The van der Waals surface area contributed by atoms with E-state index in [9.17, 15) is 26.6 Å². The van der Waals surface area contributed by atoms with E-state index in [1.54, 1.807) is 18.2 Å². The predicted octanol–water partition coefficient (Wildman–Crippen LogP) is 4.66. The van der Waals surface area contributed by atoms with Gasteiger partial charge in [0.25, 0.3) is 5.60 Å². The third-order valence-corrected chi connectivity index (χ3v) is 7.85. The molecule has 36 heavy (non-hydrogen) atoms. The summed E-state index contributed by atoms with van der Waals surface area (Å²) >= 11 is 11.5. The third kappa shape index (κ3) is 4.00. The van der Waals surface area contributed by atoms with Gasteiger partial charge in [-0.2, -0.15) is 13.2 Å². The van der Waals surface area contributed by atoms with Crippen molar-refractivity contribution in [1.29, 1.82) is 0 Å². The maximum Gasteiger partial charge on any atom is 0.435 e. The average Bonchev–Trinajstić information content (AvgIpc) is 3.38. The lowest BCUT2D eigenvalue weighted by atomic mass is 9.82. The summed E-state index contributed by atoms with van der Waals surface area (Å²) in [6.45, 7) is 0.794. The Kier molecular flexibility index (Phi) is 6.13. The van der Waals surface area contributed by atoms with Gasteiger partial charge >= 0.3 is 6.18 Å². The van der Waals surface area contributed by atoms with Crippen molar-refractivity contribution in [3.63, 3.8) is 0 Å². The van der Waals surface area contributed by atoms with Gasteiger partial charge in [0.1, 0.15) is 11.4 Å². The van der Waals surface area contributed by atoms with Crippen LogP contribution in [0.15, 0.2) is 35.5 Å². The van der Waals surface area contributed by atoms with Crippen LogP contribution >= 0.6 is 23.2 Å². The topological polar surface area (TPSA) is 68.2 Å². The Morgan fingerprint density at radius 2 is 1.86 bits per heavy atom. The van der Waals surface area contributed by atoms with E-state index in [1.165, 1.54) is 11.2 Å². The molecule has 0 aromatic heterocycles. The van der Waals surface area contributed by atoms with Crippen LogP contribution in [0.25, 0.3) is 0 Å². The number of carbonyl (C=O) groups excluding carboxylic acids is 1. The molecule has 0 radical (unpaired) electrons. The van der Waals surface area contributed by atoms with Crippen LogP contribution in [0, 0.1) is 5.82 Å². The highest BCUT2D eigenvalue weighted by Crippen LogP contribution is 2.51. The molecule has 5 rings (SSSR count). The second kappa shape index (κ2) is 8.68. The fourth-order valence-corrected chi connectivity index (χ4v) is 5.74. The van der Waals surface area contributed by atoms with Crippen molar-refractivity contribution in [1.82, 2.24) is 4.90 Å². The molecule has 2 unspecified atom stereocenters. The van der Waals surface area contributed by atoms with Crippen LogP contribution in [-0.4, -0.2) is 52.0 Å². The third-order valence-electron chi connectivity index (χ3n) is 6.65. The van der Waals surface area contributed by atoms with Crippen molar-refractivity contribution in [2.24, 2.45) is 5.16 Å².